The van der Waals surface area contributed by atoms with Gasteiger partial charge in [0.2, 0.25) is 0 Å². The van der Waals surface area contributed by atoms with Gasteiger partial charge in [-0.2, -0.15) is 13.2 Å². The van der Waals surface area contributed by atoms with Crippen molar-refractivity contribution >= 4 is 27.7 Å². The molecule has 2 aromatic rings. The van der Waals surface area contributed by atoms with Crippen LogP contribution in [0.15, 0.2) is 41.0 Å². The van der Waals surface area contributed by atoms with Gasteiger partial charge in [0, 0.05) is 42.4 Å². The number of amides is 1. The highest BCUT2D eigenvalue weighted by Gasteiger charge is 2.31. The molecule has 0 bridgehead atoms. The predicted octanol–water partition coefficient (Wildman–Crippen LogP) is 3.96. The lowest BCUT2D eigenvalue weighted by Gasteiger charge is -2.35. The molecule has 1 saturated heterocycles. The highest BCUT2D eigenvalue weighted by atomic mass is 79.9. The molecule has 1 aliphatic heterocycles. The summed E-state index contributed by atoms with van der Waals surface area (Å²) in [4.78, 5) is 19.7. The number of piperazine rings is 1. The molecule has 26 heavy (non-hydrogen) atoms. The van der Waals surface area contributed by atoms with Crippen molar-refractivity contribution in [1.82, 2.24) is 9.88 Å². The Balaban J connectivity index is 1.64. The van der Waals surface area contributed by atoms with Gasteiger partial charge in [-0.1, -0.05) is 15.9 Å². The monoisotopic (exact) mass is 431 g/mol. The van der Waals surface area contributed by atoms with Gasteiger partial charge >= 0.3 is 6.18 Å². The fourth-order valence-electron chi connectivity index (χ4n) is 2.74. The summed E-state index contributed by atoms with van der Waals surface area (Å²) < 4.78 is 51.7. The molecule has 9 heteroatoms. The summed E-state index contributed by atoms with van der Waals surface area (Å²) in [6, 6.07) is 6.31. The molecule has 1 fully saturated rings. The summed E-state index contributed by atoms with van der Waals surface area (Å²) in [5.41, 5.74) is -0.551. The minimum atomic E-state index is -4.42. The third-order valence-corrected chi connectivity index (χ3v) is 4.53. The number of rotatable bonds is 2. The number of halogens is 5. The summed E-state index contributed by atoms with van der Waals surface area (Å²) in [5.74, 6) is -0.362. The van der Waals surface area contributed by atoms with E-state index in [2.05, 4.69) is 20.9 Å². The molecule has 0 unspecified atom stereocenters. The standard InChI is InChI=1S/C17H14BrF4N3O/c18-13-7-11(8-14(19)9-13)16(26)25-5-3-24(4-6-25)15-2-1-12(10-23-15)17(20,21)22/h1-2,7-10H,3-6H2. The Morgan fingerprint density at radius 1 is 1.08 bits per heavy atom. The maximum absolute atomic E-state index is 13.5. The Labute approximate surface area is 155 Å². The van der Waals surface area contributed by atoms with Crippen molar-refractivity contribution in [2.24, 2.45) is 0 Å². The molecule has 1 aromatic carbocycles. The van der Waals surface area contributed by atoms with E-state index in [0.717, 1.165) is 12.3 Å². The number of carbonyl (C=O) groups is 1. The van der Waals surface area contributed by atoms with E-state index < -0.39 is 17.6 Å². The van der Waals surface area contributed by atoms with E-state index in [-0.39, 0.29) is 11.5 Å². The lowest BCUT2D eigenvalue weighted by atomic mass is 10.1. The Kier molecular flexibility index (Phi) is 5.17. The average molecular weight is 432 g/mol. The fourth-order valence-corrected chi connectivity index (χ4v) is 3.20. The van der Waals surface area contributed by atoms with E-state index in [9.17, 15) is 22.4 Å². The third kappa shape index (κ3) is 4.14. The first-order chi connectivity index (χ1) is 12.2. The van der Waals surface area contributed by atoms with Crippen LogP contribution in [0.25, 0.3) is 0 Å². The van der Waals surface area contributed by atoms with Gasteiger partial charge in [-0.3, -0.25) is 4.79 Å². The minimum Gasteiger partial charge on any atom is -0.353 e. The van der Waals surface area contributed by atoms with Crippen LogP contribution in [0.3, 0.4) is 0 Å². The van der Waals surface area contributed by atoms with Crippen molar-refractivity contribution < 1.29 is 22.4 Å². The largest absolute Gasteiger partial charge is 0.417 e. The van der Waals surface area contributed by atoms with Crippen LogP contribution in [-0.4, -0.2) is 42.0 Å². The van der Waals surface area contributed by atoms with E-state index >= 15 is 0 Å². The number of benzene rings is 1. The van der Waals surface area contributed by atoms with E-state index in [1.807, 2.05) is 4.90 Å². The molecule has 1 aromatic heterocycles. The number of aromatic nitrogens is 1. The van der Waals surface area contributed by atoms with Crippen LogP contribution in [0.5, 0.6) is 0 Å². The van der Waals surface area contributed by atoms with Gasteiger partial charge in [0.1, 0.15) is 11.6 Å². The molecule has 138 valence electrons. The van der Waals surface area contributed by atoms with Crippen LogP contribution in [-0.2, 0) is 6.18 Å². The van der Waals surface area contributed by atoms with Gasteiger partial charge < -0.3 is 9.80 Å². The van der Waals surface area contributed by atoms with E-state index in [0.29, 0.717) is 36.5 Å². The van der Waals surface area contributed by atoms with Gasteiger partial charge in [-0.15, -0.1) is 0 Å². The number of anilines is 1. The van der Waals surface area contributed by atoms with E-state index in [4.69, 9.17) is 0 Å². The van der Waals surface area contributed by atoms with Crippen molar-refractivity contribution in [2.75, 3.05) is 31.1 Å². The number of pyridine rings is 1. The highest BCUT2D eigenvalue weighted by molar-refractivity contribution is 9.10. The summed E-state index contributed by atoms with van der Waals surface area (Å²) in [6.45, 7) is 1.60. The Bertz CT molecular complexity index is 782. The number of hydrogen-bond donors (Lipinski definition) is 0. The first-order valence-corrected chi connectivity index (χ1v) is 8.57. The van der Waals surface area contributed by atoms with Gasteiger partial charge in [0.15, 0.2) is 0 Å². The van der Waals surface area contributed by atoms with Crippen LogP contribution in [0.2, 0.25) is 0 Å². The van der Waals surface area contributed by atoms with Crippen molar-refractivity contribution in [3.63, 3.8) is 0 Å². The first kappa shape index (κ1) is 18.6. The molecule has 0 spiro atoms. The van der Waals surface area contributed by atoms with Crippen LogP contribution in [0.4, 0.5) is 23.4 Å². The molecular formula is C17H14BrF4N3O. The zero-order valence-corrected chi connectivity index (χ0v) is 15.0. The molecule has 0 atom stereocenters. The first-order valence-electron chi connectivity index (χ1n) is 7.77. The molecule has 1 amide bonds. The minimum absolute atomic E-state index is 0.248. The maximum atomic E-state index is 13.5. The van der Waals surface area contributed by atoms with Crippen LogP contribution in [0.1, 0.15) is 15.9 Å². The summed E-state index contributed by atoms with van der Waals surface area (Å²) in [6.07, 6.45) is -3.62. The second-order valence-electron chi connectivity index (χ2n) is 5.84. The number of alkyl halides is 3. The normalized spacial score (nSPS) is 15.3. The lowest BCUT2D eigenvalue weighted by molar-refractivity contribution is -0.137. The van der Waals surface area contributed by atoms with E-state index in [1.165, 1.54) is 18.2 Å². The van der Waals surface area contributed by atoms with Gasteiger partial charge in [-0.05, 0) is 30.3 Å². The number of hydrogen-bond acceptors (Lipinski definition) is 3. The zero-order valence-electron chi connectivity index (χ0n) is 13.4. The van der Waals surface area contributed by atoms with Crippen molar-refractivity contribution in [3.05, 3.63) is 57.9 Å². The van der Waals surface area contributed by atoms with Gasteiger partial charge in [0.25, 0.3) is 5.91 Å². The number of carbonyl (C=O) groups excluding carboxylic acids is 1. The molecule has 1 aliphatic rings. The number of nitrogens with zero attached hydrogens (tertiary/aromatic N) is 3. The van der Waals surface area contributed by atoms with Crippen molar-refractivity contribution in [2.45, 2.75) is 6.18 Å². The van der Waals surface area contributed by atoms with Crippen molar-refractivity contribution in [3.8, 4) is 0 Å². The molecule has 0 N–H and O–H groups in total. The Hall–Kier alpha value is -2.16. The van der Waals surface area contributed by atoms with E-state index in [1.54, 1.807) is 11.0 Å². The van der Waals surface area contributed by atoms with Crippen LogP contribution < -0.4 is 4.90 Å². The van der Waals surface area contributed by atoms with Crippen LogP contribution >= 0.6 is 15.9 Å². The van der Waals surface area contributed by atoms with Crippen LogP contribution in [0, 0.1) is 5.82 Å². The smallest absolute Gasteiger partial charge is 0.353 e. The highest BCUT2D eigenvalue weighted by Crippen LogP contribution is 2.29. The molecule has 4 nitrogen and oxygen atoms in total. The predicted molar refractivity (Wildman–Crippen MR) is 91.5 cm³/mol. The second kappa shape index (κ2) is 7.22. The third-order valence-electron chi connectivity index (χ3n) is 4.08. The molecular weight excluding hydrogens is 418 g/mol. The molecule has 2 heterocycles. The molecule has 0 saturated carbocycles. The quantitative estimate of drug-likeness (QED) is 0.675. The summed E-state index contributed by atoms with van der Waals surface area (Å²) >= 11 is 3.16. The van der Waals surface area contributed by atoms with Crippen molar-refractivity contribution in [1.29, 1.82) is 0 Å². The second-order valence-corrected chi connectivity index (χ2v) is 6.76. The Morgan fingerprint density at radius 3 is 2.31 bits per heavy atom. The average Bonchev–Trinajstić information content (AvgIpc) is 2.60. The van der Waals surface area contributed by atoms with Gasteiger partial charge in [-0.25, -0.2) is 9.37 Å². The molecule has 0 aliphatic carbocycles. The lowest BCUT2D eigenvalue weighted by Crippen LogP contribution is -2.49. The summed E-state index contributed by atoms with van der Waals surface area (Å²) in [7, 11) is 0. The van der Waals surface area contributed by atoms with Gasteiger partial charge in [0.05, 0.1) is 5.56 Å². The zero-order chi connectivity index (χ0) is 18.9. The summed E-state index contributed by atoms with van der Waals surface area (Å²) in [5, 5.41) is 0. The maximum Gasteiger partial charge on any atom is 0.417 e. The molecule has 3 rings (SSSR count). The Morgan fingerprint density at radius 2 is 1.77 bits per heavy atom. The molecule has 0 radical (unpaired) electrons. The topological polar surface area (TPSA) is 36.4 Å². The fraction of sp³-hybridized carbons (Fsp3) is 0.294. The SMILES string of the molecule is O=C(c1cc(F)cc(Br)c1)N1CCN(c2ccc(C(F)(F)F)cn2)CC1.